The van der Waals surface area contributed by atoms with Gasteiger partial charge in [0.1, 0.15) is 0 Å². The second-order valence-electron chi connectivity index (χ2n) is 6.28. The summed E-state index contributed by atoms with van der Waals surface area (Å²) in [6, 6.07) is 15.1. The van der Waals surface area contributed by atoms with E-state index in [2.05, 4.69) is 62.6 Å². The summed E-state index contributed by atoms with van der Waals surface area (Å²) < 4.78 is 2.37. The smallest absolute Gasteiger partial charge is 0.184 e. The summed E-state index contributed by atoms with van der Waals surface area (Å²) in [5.41, 5.74) is 5.08. The van der Waals surface area contributed by atoms with Gasteiger partial charge in [0, 0.05) is 21.1 Å². The zero-order chi connectivity index (χ0) is 16.1. The first-order valence-electron chi connectivity index (χ1n) is 8.20. The van der Waals surface area contributed by atoms with E-state index in [-0.39, 0.29) is 0 Å². The molecule has 0 fully saturated rings. The first-order valence-corrected chi connectivity index (χ1v) is 9.81. The van der Waals surface area contributed by atoms with E-state index in [1.54, 1.807) is 11.3 Å². The van der Waals surface area contributed by atoms with Crippen molar-refractivity contribution in [2.24, 2.45) is 0 Å². The van der Waals surface area contributed by atoms with Crippen molar-refractivity contribution < 1.29 is 0 Å². The highest BCUT2D eigenvalue weighted by atomic mass is 79.9. The van der Waals surface area contributed by atoms with Crippen LogP contribution in [0.5, 0.6) is 0 Å². The third-order valence-corrected chi connectivity index (χ3v) is 6.22. The fourth-order valence-corrected chi connectivity index (χ4v) is 4.94. The van der Waals surface area contributed by atoms with Crippen molar-refractivity contribution in [1.29, 1.82) is 0 Å². The Hall–Kier alpha value is -1.85. The van der Waals surface area contributed by atoms with Gasteiger partial charge in [-0.3, -0.25) is 0 Å². The Morgan fingerprint density at radius 2 is 2.12 bits per heavy atom. The first-order chi connectivity index (χ1) is 11.8. The molecule has 2 aromatic carbocycles. The molecule has 0 saturated carbocycles. The van der Waals surface area contributed by atoms with Crippen LogP contribution in [0.25, 0.3) is 21.1 Å². The van der Waals surface area contributed by atoms with Gasteiger partial charge in [0.25, 0.3) is 0 Å². The monoisotopic (exact) mass is 397 g/mol. The highest BCUT2D eigenvalue weighted by Crippen LogP contribution is 2.38. The van der Waals surface area contributed by atoms with Gasteiger partial charge < -0.3 is 10.3 Å². The van der Waals surface area contributed by atoms with Crippen molar-refractivity contribution in [3.05, 3.63) is 58.2 Å². The molecule has 2 heterocycles. The average molecular weight is 398 g/mol. The van der Waals surface area contributed by atoms with Crippen LogP contribution in [0.2, 0.25) is 0 Å². The Kier molecular flexibility index (Phi) is 3.38. The number of halogens is 1. The normalized spacial score (nSPS) is 17.3. The van der Waals surface area contributed by atoms with Crippen molar-refractivity contribution in [2.45, 2.75) is 25.3 Å². The van der Waals surface area contributed by atoms with Crippen LogP contribution in [0, 0.1) is 0 Å². The number of para-hydroxylation sites is 1. The standard InChI is InChI=1S/C19H16BrN3S/c20-11-8-9-14-13(10-11)12-4-3-6-16(18(12)21-14)23-19-22-15-5-1-2-7-17(15)24-19/h1-2,5,7-10,16,21H,3-4,6H2,(H,22,23). The number of aromatic nitrogens is 2. The highest BCUT2D eigenvalue weighted by Gasteiger charge is 2.25. The van der Waals surface area contributed by atoms with Crippen molar-refractivity contribution in [3.63, 3.8) is 0 Å². The van der Waals surface area contributed by atoms with Gasteiger partial charge in [-0.1, -0.05) is 39.4 Å². The molecule has 1 unspecified atom stereocenters. The lowest BCUT2D eigenvalue weighted by atomic mass is 9.92. The maximum Gasteiger partial charge on any atom is 0.184 e. The van der Waals surface area contributed by atoms with E-state index in [0.717, 1.165) is 28.0 Å². The molecule has 0 bridgehead atoms. The number of hydrogen-bond donors (Lipinski definition) is 2. The largest absolute Gasteiger partial charge is 0.356 e. The Bertz CT molecular complexity index is 1020. The van der Waals surface area contributed by atoms with E-state index >= 15 is 0 Å². The first kappa shape index (κ1) is 14.5. The van der Waals surface area contributed by atoms with E-state index in [9.17, 15) is 0 Å². The van der Waals surface area contributed by atoms with Gasteiger partial charge >= 0.3 is 0 Å². The molecule has 0 spiro atoms. The molecule has 2 N–H and O–H groups in total. The summed E-state index contributed by atoms with van der Waals surface area (Å²) in [7, 11) is 0. The van der Waals surface area contributed by atoms with Gasteiger partial charge in [0.05, 0.1) is 16.3 Å². The third-order valence-electron chi connectivity index (χ3n) is 4.76. The zero-order valence-corrected chi connectivity index (χ0v) is 15.4. The summed E-state index contributed by atoms with van der Waals surface area (Å²) in [6.45, 7) is 0. The predicted octanol–water partition coefficient (Wildman–Crippen LogP) is 6.03. The topological polar surface area (TPSA) is 40.7 Å². The van der Waals surface area contributed by atoms with E-state index in [4.69, 9.17) is 4.98 Å². The molecule has 1 aliphatic carbocycles. The quantitative estimate of drug-likeness (QED) is 0.433. The molecule has 2 aromatic heterocycles. The summed E-state index contributed by atoms with van der Waals surface area (Å²) in [6.07, 6.45) is 3.48. The number of nitrogens with one attached hydrogen (secondary N) is 2. The van der Waals surface area contributed by atoms with Gasteiger partial charge in [0.15, 0.2) is 5.13 Å². The average Bonchev–Trinajstić information content (AvgIpc) is 3.16. The number of aryl methyl sites for hydroxylation is 1. The molecule has 4 aromatic rings. The number of rotatable bonds is 2. The Labute approximate surface area is 152 Å². The lowest BCUT2D eigenvalue weighted by molar-refractivity contribution is 0.592. The number of aromatic amines is 1. The molecule has 0 amide bonds. The third kappa shape index (κ3) is 2.34. The van der Waals surface area contributed by atoms with Gasteiger partial charge in [-0.2, -0.15) is 0 Å². The molecule has 120 valence electrons. The van der Waals surface area contributed by atoms with Gasteiger partial charge in [0.2, 0.25) is 0 Å². The lowest BCUT2D eigenvalue weighted by Gasteiger charge is -2.23. The van der Waals surface area contributed by atoms with Crippen LogP contribution >= 0.6 is 27.3 Å². The summed E-state index contributed by atoms with van der Waals surface area (Å²) in [4.78, 5) is 8.37. The van der Waals surface area contributed by atoms with Crippen LogP contribution in [0.1, 0.15) is 30.1 Å². The van der Waals surface area contributed by atoms with Crippen LogP contribution in [0.15, 0.2) is 46.9 Å². The Morgan fingerprint density at radius 1 is 1.21 bits per heavy atom. The van der Waals surface area contributed by atoms with Gasteiger partial charge in [-0.15, -0.1) is 0 Å². The van der Waals surface area contributed by atoms with Crippen LogP contribution in [0.3, 0.4) is 0 Å². The number of anilines is 1. The molecule has 3 nitrogen and oxygen atoms in total. The van der Waals surface area contributed by atoms with Crippen molar-refractivity contribution in [3.8, 4) is 0 Å². The minimum Gasteiger partial charge on any atom is -0.356 e. The number of nitrogens with zero attached hydrogens (tertiary/aromatic N) is 1. The summed E-state index contributed by atoms with van der Waals surface area (Å²) in [5, 5.41) is 6.02. The number of thiazole rings is 1. The van der Waals surface area contributed by atoms with Crippen LogP contribution in [-0.2, 0) is 6.42 Å². The SMILES string of the molecule is Brc1ccc2[nH]c3c(c2c1)CCCC3Nc1nc2ccccc2s1. The van der Waals surface area contributed by atoms with Gasteiger partial charge in [-0.25, -0.2) is 4.98 Å². The predicted molar refractivity (Wildman–Crippen MR) is 105 cm³/mol. The lowest BCUT2D eigenvalue weighted by Crippen LogP contribution is -2.17. The van der Waals surface area contributed by atoms with Crippen molar-refractivity contribution in [2.75, 3.05) is 5.32 Å². The summed E-state index contributed by atoms with van der Waals surface area (Å²) in [5.74, 6) is 0. The minimum atomic E-state index is 0.306. The fraction of sp³-hybridized carbons (Fsp3) is 0.211. The molecule has 0 aliphatic heterocycles. The van der Waals surface area contributed by atoms with Crippen molar-refractivity contribution >= 4 is 53.5 Å². The molecule has 5 rings (SSSR count). The number of fused-ring (bicyclic) bond motifs is 4. The molecule has 1 atom stereocenters. The number of benzene rings is 2. The van der Waals surface area contributed by atoms with Crippen molar-refractivity contribution in [1.82, 2.24) is 9.97 Å². The molecule has 24 heavy (non-hydrogen) atoms. The number of H-pyrrole nitrogens is 1. The van der Waals surface area contributed by atoms with Crippen LogP contribution in [0.4, 0.5) is 5.13 Å². The fourth-order valence-electron chi connectivity index (χ4n) is 3.66. The molecule has 1 aliphatic rings. The van der Waals surface area contributed by atoms with Gasteiger partial charge in [-0.05, 0) is 55.2 Å². The van der Waals surface area contributed by atoms with Crippen LogP contribution in [-0.4, -0.2) is 9.97 Å². The van der Waals surface area contributed by atoms with E-state index in [0.29, 0.717) is 6.04 Å². The molecular weight excluding hydrogens is 382 g/mol. The Balaban J connectivity index is 1.55. The maximum atomic E-state index is 4.73. The van der Waals surface area contributed by atoms with E-state index in [1.807, 2.05) is 6.07 Å². The molecule has 0 radical (unpaired) electrons. The summed E-state index contributed by atoms with van der Waals surface area (Å²) >= 11 is 5.33. The molecule has 5 heteroatoms. The molecular formula is C19H16BrN3S. The second kappa shape index (κ2) is 5.60. The maximum absolute atomic E-state index is 4.73. The number of hydrogen-bond acceptors (Lipinski definition) is 3. The van der Waals surface area contributed by atoms with E-state index in [1.165, 1.54) is 33.3 Å². The second-order valence-corrected chi connectivity index (χ2v) is 8.23. The highest BCUT2D eigenvalue weighted by molar-refractivity contribution is 9.10. The molecule has 0 saturated heterocycles. The Morgan fingerprint density at radius 3 is 3.04 bits per heavy atom. The van der Waals surface area contributed by atoms with Crippen LogP contribution < -0.4 is 5.32 Å². The van der Waals surface area contributed by atoms with E-state index < -0.39 is 0 Å². The minimum absolute atomic E-state index is 0.306. The zero-order valence-electron chi connectivity index (χ0n) is 13.0.